The number of nitrogens with zero attached hydrogens (tertiary/aromatic N) is 3. The Hall–Kier alpha value is -1.36. The molecule has 1 aromatic rings. The van der Waals surface area contributed by atoms with Crippen molar-refractivity contribution in [2.45, 2.75) is 33.2 Å². The number of rotatable bonds is 3. The Balaban J connectivity index is 2.17. The smallest absolute Gasteiger partial charge is 0.307 e. The van der Waals surface area contributed by atoms with Crippen molar-refractivity contribution in [3.63, 3.8) is 0 Å². The first-order valence-corrected chi connectivity index (χ1v) is 6.38. The molecule has 100 valence electrons. The summed E-state index contributed by atoms with van der Waals surface area (Å²) in [4.78, 5) is 13.2. The second kappa shape index (κ2) is 4.72. The van der Waals surface area contributed by atoms with Crippen LogP contribution < -0.4 is 0 Å². The number of hydrogen-bond donors (Lipinski definition) is 1. The van der Waals surface area contributed by atoms with Gasteiger partial charge in [0.2, 0.25) is 0 Å². The molecule has 0 saturated carbocycles. The van der Waals surface area contributed by atoms with Crippen LogP contribution in [0.25, 0.3) is 0 Å². The Bertz CT molecular complexity index is 467. The lowest BCUT2D eigenvalue weighted by Crippen LogP contribution is -2.27. The van der Waals surface area contributed by atoms with E-state index < -0.39 is 5.97 Å². The maximum atomic E-state index is 11.0. The lowest BCUT2D eigenvalue weighted by atomic mass is 10.1. The fourth-order valence-corrected chi connectivity index (χ4v) is 2.92. The Morgan fingerprint density at radius 1 is 1.50 bits per heavy atom. The van der Waals surface area contributed by atoms with Crippen LogP contribution >= 0.6 is 0 Å². The summed E-state index contributed by atoms with van der Waals surface area (Å²) >= 11 is 0. The molecule has 1 aliphatic rings. The topological polar surface area (TPSA) is 58.4 Å². The van der Waals surface area contributed by atoms with E-state index in [9.17, 15) is 4.79 Å². The summed E-state index contributed by atoms with van der Waals surface area (Å²) in [5.74, 6) is -0.894. The lowest BCUT2D eigenvalue weighted by Gasteiger charge is -2.24. The van der Waals surface area contributed by atoms with Crippen molar-refractivity contribution in [1.29, 1.82) is 0 Å². The van der Waals surface area contributed by atoms with Gasteiger partial charge in [-0.15, -0.1) is 0 Å². The Morgan fingerprint density at radius 3 is 2.61 bits per heavy atom. The molecule has 0 aliphatic carbocycles. The summed E-state index contributed by atoms with van der Waals surface area (Å²) in [5, 5.41) is 13.5. The van der Waals surface area contributed by atoms with Crippen LogP contribution in [0, 0.1) is 19.8 Å². The number of aryl methyl sites for hydroxylation is 2. The van der Waals surface area contributed by atoms with Crippen LogP contribution in [0.4, 0.5) is 0 Å². The lowest BCUT2D eigenvalue weighted by molar-refractivity contribution is -0.141. The number of aliphatic carboxylic acids is 1. The van der Waals surface area contributed by atoms with Gasteiger partial charge < -0.3 is 5.11 Å². The van der Waals surface area contributed by atoms with Gasteiger partial charge in [-0.25, -0.2) is 0 Å². The molecule has 0 bridgehead atoms. The number of carbonyl (C=O) groups is 1. The maximum absolute atomic E-state index is 11.0. The van der Waals surface area contributed by atoms with Crippen molar-refractivity contribution in [1.82, 2.24) is 14.7 Å². The molecule has 1 aliphatic heterocycles. The summed E-state index contributed by atoms with van der Waals surface area (Å²) in [6.45, 7) is 7.72. The van der Waals surface area contributed by atoms with Gasteiger partial charge in [-0.05, 0) is 33.7 Å². The van der Waals surface area contributed by atoms with E-state index in [-0.39, 0.29) is 12.0 Å². The van der Waals surface area contributed by atoms with Gasteiger partial charge in [0, 0.05) is 30.9 Å². The number of hydrogen-bond acceptors (Lipinski definition) is 3. The van der Waals surface area contributed by atoms with Crippen LogP contribution in [0.1, 0.15) is 36.3 Å². The van der Waals surface area contributed by atoms with Crippen molar-refractivity contribution in [2.24, 2.45) is 13.0 Å². The molecule has 2 heterocycles. The van der Waals surface area contributed by atoms with Gasteiger partial charge in [-0.1, -0.05) is 0 Å². The molecular formula is C13H21N3O2. The summed E-state index contributed by atoms with van der Waals surface area (Å²) in [7, 11) is 1.95. The predicted molar refractivity (Wildman–Crippen MR) is 68.4 cm³/mol. The molecule has 0 amide bonds. The van der Waals surface area contributed by atoms with Crippen LogP contribution in [0.15, 0.2) is 0 Å². The first-order chi connectivity index (χ1) is 8.41. The largest absolute Gasteiger partial charge is 0.481 e. The molecule has 1 N–H and O–H groups in total. The van der Waals surface area contributed by atoms with E-state index in [1.54, 1.807) is 0 Å². The molecule has 1 aromatic heterocycles. The van der Waals surface area contributed by atoms with E-state index in [1.807, 2.05) is 18.7 Å². The molecule has 5 nitrogen and oxygen atoms in total. The SMILES string of the molecule is Cc1nn(C)c(C)c1C(C)N1CCC(C(=O)O)C1. The number of carboxylic acid groups (broad SMARTS) is 1. The second-order valence-corrected chi connectivity index (χ2v) is 5.20. The van der Waals surface area contributed by atoms with Gasteiger partial charge in [0.05, 0.1) is 11.6 Å². The molecular weight excluding hydrogens is 230 g/mol. The fourth-order valence-electron chi connectivity index (χ4n) is 2.92. The van der Waals surface area contributed by atoms with Crippen LogP contribution in [-0.4, -0.2) is 38.8 Å². The quantitative estimate of drug-likeness (QED) is 0.884. The zero-order chi connectivity index (χ0) is 13.4. The predicted octanol–water partition coefficient (Wildman–Crippen LogP) is 1.50. The Kier molecular flexibility index (Phi) is 3.43. The van der Waals surface area contributed by atoms with E-state index in [1.165, 1.54) is 11.3 Å². The maximum Gasteiger partial charge on any atom is 0.307 e. The molecule has 18 heavy (non-hydrogen) atoms. The molecule has 0 radical (unpaired) electrons. The summed E-state index contributed by atoms with van der Waals surface area (Å²) in [6.07, 6.45) is 0.748. The number of likely N-dealkylation sites (tertiary alicyclic amines) is 1. The van der Waals surface area contributed by atoms with Gasteiger partial charge in [0.15, 0.2) is 0 Å². The van der Waals surface area contributed by atoms with E-state index in [2.05, 4.69) is 23.8 Å². The van der Waals surface area contributed by atoms with E-state index in [0.29, 0.717) is 6.54 Å². The highest BCUT2D eigenvalue weighted by Gasteiger charge is 2.32. The Morgan fingerprint density at radius 2 is 2.17 bits per heavy atom. The normalized spacial score (nSPS) is 22.3. The monoisotopic (exact) mass is 251 g/mol. The van der Waals surface area contributed by atoms with Crippen LogP contribution in [-0.2, 0) is 11.8 Å². The summed E-state index contributed by atoms with van der Waals surface area (Å²) in [6, 6.07) is 0.239. The minimum atomic E-state index is -0.677. The van der Waals surface area contributed by atoms with Crippen molar-refractivity contribution in [3.8, 4) is 0 Å². The molecule has 0 spiro atoms. The fraction of sp³-hybridized carbons (Fsp3) is 0.692. The zero-order valence-electron chi connectivity index (χ0n) is 11.5. The molecule has 1 saturated heterocycles. The van der Waals surface area contributed by atoms with Gasteiger partial charge in [0.25, 0.3) is 0 Å². The molecule has 0 aromatic carbocycles. The minimum absolute atomic E-state index is 0.218. The zero-order valence-corrected chi connectivity index (χ0v) is 11.5. The van der Waals surface area contributed by atoms with Crippen LogP contribution in [0.3, 0.4) is 0 Å². The average Bonchev–Trinajstić information content (AvgIpc) is 2.85. The van der Waals surface area contributed by atoms with E-state index in [0.717, 1.165) is 18.7 Å². The second-order valence-electron chi connectivity index (χ2n) is 5.20. The minimum Gasteiger partial charge on any atom is -0.481 e. The van der Waals surface area contributed by atoms with Crippen LogP contribution in [0.2, 0.25) is 0 Å². The Labute approximate surface area is 107 Å². The third-order valence-electron chi connectivity index (χ3n) is 4.10. The summed E-state index contributed by atoms with van der Waals surface area (Å²) in [5.41, 5.74) is 3.45. The molecule has 2 unspecified atom stereocenters. The molecule has 5 heteroatoms. The standard InChI is InChI=1S/C13H21N3O2/c1-8-12(9(2)15(4)14-8)10(3)16-6-5-11(7-16)13(17)18/h10-11H,5-7H2,1-4H3,(H,17,18). The first kappa shape index (κ1) is 13.1. The van der Waals surface area contributed by atoms with Gasteiger partial charge in [-0.3, -0.25) is 14.4 Å². The van der Waals surface area contributed by atoms with Crippen molar-refractivity contribution in [3.05, 3.63) is 17.0 Å². The number of aromatic nitrogens is 2. The van der Waals surface area contributed by atoms with Crippen LogP contribution in [0.5, 0.6) is 0 Å². The van der Waals surface area contributed by atoms with Crippen molar-refractivity contribution >= 4 is 5.97 Å². The highest BCUT2D eigenvalue weighted by Crippen LogP contribution is 2.30. The van der Waals surface area contributed by atoms with Gasteiger partial charge in [-0.2, -0.15) is 5.10 Å². The van der Waals surface area contributed by atoms with E-state index in [4.69, 9.17) is 5.11 Å². The van der Waals surface area contributed by atoms with Gasteiger partial charge in [0.1, 0.15) is 0 Å². The highest BCUT2D eigenvalue weighted by molar-refractivity contribution is 5.70. The molecule has 1 fully saturated rings. The van der Waals surface area contributed by atoms with Crippen molar-refractivity contribution in [2.75, 3.05) is 13.1 Å². The van der Waals surface area contributed by atoms with Crippen molar-refractivity contribution < 1.29 is 9.90 Å². The summed E-state index contributed by atoms with van der Waals surface area (Å²) < 4.78 is 1.89. The molecule has 2 rings (SSSR count). The third-order valence-corrected chi connectivity index (χ3v) is 4.10. The average molecular weight is 251 g/mol. The first-order valence-electron chi connectivity index (χ1n) is 6.38. The van der Waals surface area contributed by atoms with Gasteiger partial charge >= 0.3 is 5.97 Å². The molecule has 2 atom stereocenters. The van der Waals surface area contributed by atoms with E-state index >= 15 is 0 Å². The number of carboxylic acids is 1. The highest BCUT2D eigenvalue weighted by atomic mass is 16.4. The third kappa shape index (κ3) is 2.14.